The van der Waals surface area contributed by atoms with Gasteiger partial charge in [-0.25, -0.2) is 14.8 Å². The van der Waals surface area contributed by atoms with E-state index in [-0.39, 0.29) is 41.9 Å². The molecular formula is C30H33N5O3S. The minimum Gasteiger partial charge on any atom is -0.444 e. The molecule has 4 heterocycles. The molecule has 202 valence electrons. The van der Waals surface area contributed by atoms with E-state index in [1.165, 1.54) is 16.9 Å². The SMILES string of the molecule is CN(C(=O)c1ccc(C2CC2c2nc(C#N)nc3sccc23)cc1)C1C[C@H]2CC[C@@H](C1)N2C(=O)OC(C)(C)C. The van der Waals surface area contributed by atoms with E-state index in [2.05, 4.69) is 28.2 Å². The summed E-state index contributed by atoms with van der Waals surface area (Å²) in [5.41, 5.74) is 2.30. The van der Waals surface area contributed by atoms with Crippen LogP contribution in [0, 0.1) is 11.3 Å². The number of hydrogen-bond donors (Lipinski definition) is 0. The number of hydrogen-bond acceptors (Lipinski definition) is 7. The Balaban J connectivity index is 1.11. The van der Waals surface area contributed by atoms with Crippen molar-refractivity contribution in [2.75, 3.05) is 7.05 Å². The Kier molecular flexibility index (Phi) is 6.34. The first-order chi connectivity index (χ1) is 18.6. The quantitative estimate of drug-likeness (QED) is 0.410. The van der Waals surface area contributed by atoms with E-state index in [4.69, 9.17) is 4.74 Å². The third kappa shape index (κ3) is 4.87. The van der Waals surface area contributed by atoms with Crippen molar-refractivity contribution < 1.29 is 14.3 Å². The van der Waals surface area contributed by atoms with Crippen molar-refractivity contribution >= 4 is 33.6 Å². The second kappa shape index (κ2) is 9.60. The van der Waals surface area contributed by atoms with Gasteiger partial charge in [0, 0.05) is 42.0 Å². The van der Waals surface area contributed by atoms with Crippen LogP contribution in [0.4, 0.5) is 4.79 Å². The summed E-state index contributed by atoms with van der Waals surface area (Å²) < 4.78 is 5.66. The van der Waals surface area contributed by atoms with Crippen LogP contribution in [0.3, 0.4) is 0 Å². The van der Waals surface area contributed by atoms with Crippen LogP contribution in [0.15, 0.2) is 35.7 Å². The molecule has 3 aromatic rings. The van der Waals surface area contributed by atoms with Gasteiger partial charge in [0.15, 0.2) is 0 Å². The normalized spacial score (nSPS) is 25.8. The van der Waals surface area contributed by atoms with Crippen molar-refractivity contribution in [2.24, 2.45) is 0 Å². The Bertz CT molecular complexity index is 1460. The first kappa shape index (κ1) is 25.8. The van der Waals surface area contributed by atoms with Crippen LogP contribution in [-0.2, 0) is 4.74 Å². The number of aromatic nitrogens is 2. The monoisotopic (exact) mass is 543 g/mol. The van der Waals surface area contributed by atoms with Gasteiger partial charge >= 0.3 is 6.09 Å². The highest BCUT2D eigenvalue weighted by Crippen LogP contribution is 2.55. The van der Waals surface area contributed by atoms with Gasteiger partial charge in [0.25, 0.3) is 5.91 Å². The Labute approximate surface area is 232 Å². The highest BCUT2D eigenvalue weighted by Gasteiger charge is 2.46. The van der Waals surface area contributed by atoms with Gasteiger partial charge in [-0.1, -0.05) is 12.1 Å². The van der Waals surface area contributed by atoms with Crippen LogP contribution < -0.4 is 0 Å². The van der Waals surface area contributed by atoms with Gasteiger partial charge in [-0.15, -0.1) is 11.3 Å². The smallest absolute Gasteiger partial charge is 0.410 e. The average molecular weight is 544 g/mol. The number of thiophene rings is 1. The Morgan fingerprint density at radius 2 is 1.74 bits per heavy atom. The zero-order valence-corrected chi connectivity index (χ0v) is 23.6. The largest absolute Gasteiger partial charge is 0.444 e. The lowest BCUT2D eigenvalue weighted by molar-refractivity contribution is -0.00112. The summed E-state index contributed by atoms with van der Waals surface area (Å²) in [6.07, 6.45) is 4.21. The van der Waals surface area contributed by atoms with Crippen LogP contribution in [0.25, 0.3) is 10.2 Å². The number of nitriles is 1. The van der Waals surface area contributed by atoms with Crippen LogP contribution in [-0.4, -0.2) is 62.5 Å². The number of amides is 2. The summed E-state index contributed by atoms with van der Waals surface area (Å²) in [4.78, 5) is 39.7. The number of ether oxygens (including phenoxy) is 1. The van der Waals surface area contributed by atoms with Crippen molar-refractivity contribution in [3.05, 3.63) is 58.4 Å². The molecule has 3 unspecified atom stereocenters. The summed E-state index contributed by atoms with van der Waals surface area (Å²) in [6, 6.07) is 12.4. The predicted octanol–water partition coefficient (Wildman–Crippen LogP) is 5.84. The number of carbonyl (C=O) groups excluding carboxylic acids is 2. The summed E-state index contributed by atoms with van der Waals surface area (Å²) in [6.45, 7) is 5.68. The third-order valence-electron chi connectivity index (χ3n) is 8.36. The van der Waals surface area contributed by atoms with Gasteiger partial charge in [-0.2, -0.15) is 5.26 Å². The van der Waals surface area contributed by atoms with Gasteiger partial charge in [0.2, 0.25) is 5.82 Å². The number of nitrogens with zero attached hydrogens (tertiary/aromatic N) is 5. The Hall–Kier alpha value is -3.51. The van der Waals surface area contributed by atoms with E-state index >= 15 is 0 Å². The molecule has 2 bridgehead atoms. The zero-order chi connectivity index (χ0) is 27.5. The van der Waals surface area contributed by atoms with Gasteiger partial charge < -0.3 is 14.5 Å². The lowest BCUT2D eigenvalue weighted by atomic mass is 9.95. The highest BCUT2D eigenvalue weighted by atomic mass is 32.1. The number of fused-ring (bicyclic) bond motifs is 3. The van der Waals surface area contributed by atoms with Crippen molar-refractivity contribution in [2.45, 2.75) is 88.4 Å². The minimum atomic E-state index is -0.517. The standard InChI is InChI=1S/C30H33N5O3S/c1-30(2,3)38-29(37)35-19-9-10-20(35)14-21(13-19)34(4)28(36)18-7-5-17(6-8-18)23-15-24(23)26-22-11-12-39-27(22)33-25(16-31)32-26/h5-8,11-12,19-21,23-24H,9-10,13-15H2,1-4H3/t19-,20+,21?,23?,24?. The first-order valence-corrected chi connectivity index (χ1v) is 14.5. The van der Waals surface area contributed by atoms with Crippen LogP contribution in [0.2, 0.25) is 0 Å². The minimum absolute atomic E-state index is 0.0125. The molecule has 0 radical (unpaired) electrons. The lowest BCUT2D eigenvalue weighted by Crippen LogP contribution is -2.53. The summed E-state index contributed by atoms with van der Waals surface area (Å²) in [5, 5.41) is 12.4. The molecule has 1 aromatic carbocycles. The molecule has 6 rings (SSSR count). The fourth-order valence-electron chi connectivity index (χ4n) is 6.40. The zero-order valence-electron chi connectivity index (χ0n) is 22.8. The van der Waals surface area contributed by atoms with Gasteiger partial charge in [0.05, 0.1) is 5.69 Å². The van der Waals surface area contributed by atoms with Crippen molar-refractivity contribution in [1.29, 1.82) is 5.26 Å². The second-order valence-electron chi connectivity index (χ2n) is 12.1. The molecule has 0 spiro atoms. The molecule has 2 saturated heterocycles. The molecule has 8 nitrogen and oxygen atoms in total. The van der Waals surface area contributed by atoms with E-state index in [0.29, 0.717) is 11.5 Å². The first-order valence-electron chi connectivity index (χ1n) is 13.7. The Morgan fingerprint density at radius 1 is 1.05 bits per heavy atom. The summed E-state index contributed by atoms with van der Waals surface area (Å²) >= 11 is 1.53. The maximum Gasteiger partial charge on any atom is 0.410 e. The van der Waals surface area contributed by atoms with E-state index in [1.54, 1.807) is 0 Å². The molecule has 2 amide bonds. The van der Waals surface area contributed by atoms with Crippen molar-refractivity contribution in [1.82, 2.24) is 19.8 Å². The molecule has 3 fully saturated rings. The van der Waals surface area contributed by atoms with Crippen LogP contribution in [0.5, 0.6) is 0 Å². The number of piperidine rings is 1. The summed E-state index contributed by atoms with van der Waals surface area (Å²) in [5.74, 6) is 0.815. The van der Waals surface area contributed by atoms with Crippen LogP contribution >= 0.6 is 11.3 Å². The predicted molar refractivity (Wildman–Crippen MR) is 149 cm³/mol. The van der Waals surface area contributed by atoms with E-state index < -0.39 is 5.60 Å². The van der Waals surface area contributed by atoms with E-state index in [0.717, 1.165) is 48.0 Å². The maximum absolute atomic E-state index is 13.4. The van der Waals surface area contributed by atoms with E-state index in [9.17, 15) is 14.9 Å². The third-order valence-corrected chi connectivity index (χ3v) is 9.17. The van der Waals surface area contributed by atoms with Gasteiger partial charge in [0.1, 0.15) is 16.5 Å². The highest BCUT2D eigenvalue weighted by molar-refractivity contribution is 7.16. The molecule has 1 saturated carbocycles. The van der Waals surface area contributed by atoms with Crippen LogP contribution in [0.1, 0.15) is 92.2 Å². The topological polar surface area (TPSA) is 99.4 Å². The van der Waals surface area contributed by atoms with Crippen molar-refractivity contribution in [3.8, 4) is 6.07 Å². The molecule has 2 aliphatic heterocycles. The van der Waals surface area contributed by atoms with Crippen molar-refractivity contribution in [3.63, 3.8) is 0 Å². The molecule has 3 aliphatic rings. The molecular weight excluding hydrogens is 510 g/mol. The van der Waals surface area contributed by atoms with Gasteiger partial charge in [-0.3, -0.25) is 4.79 Å². The fourth-order valence-corrected chi connectivity index (χ4v) is 7.17. The fraction of sp³-hybridized carbons (Fsp3) is 0.500. The number of carbonyl (C=O) groups is 2. The molecule has 5 atom stereocenters. The molecule has 1 aliphatic carbocycles. The van der Waals surface area contributed by atoms with E-state index in [1.807, 2.05) is 61.2 Å². The summed E-state index contributed by atoms with van der Waals surface area (Å²) in [7, 11) is 1.88. The molecule has 0 N–H and O–H groups in total. The molecule has 2 aromatic heterocycles. The lowest BCUT2D eigenvalue weighted by Gasteiger charge is -2.42. The van der Waals surface area contributed by atoms with Gasteiger partial charge in [-0.05, 0) is 87.9 Å². The molecule has 9 heteroatoms. The number of benzene rings is 1. The average Bonchev–Trinajstić information content (AvgIpc) is 3.47. The Morgan fingerprint density at radius 3 is 2.38 bits per heavy atom. The maximum atomic E-state index is 13.4. The number of rotatable bonds is 4. The second-order valence-corrected chi connectivity index (χ2v) is 13.0. The molecule has 39 heavy (non-hydrogen) atoms.